The molecule has 3 heteroatoms. The zero-order valence-corrected chi connectivity index (χ0v) is 17.2. The summed E-state index contributed by atoms with van der Waals surface area (Å²) in [6, 6.07) is 17.5. The highest BCUT2D eigenvalue weighted by atomic mass is 35.5. The summed E-state index contributed by atoms with van der Waals surface area (Å²) < 4.78 is 0. The third kappa shape index (κ3) is 7.55. The number of carbonyl (C=O) groups excluding carboxylic acids is 1. The number of ketones is 1. The first-order chi connectivity index (χ1) is 12.7. The molecule has 0 aliphatic heterocycles. The lowest BCUT2D eigenvalue weighted by atomic mass is 10.0. The molecule has 26 heavy (non-hydrogen) atoms. The van der Waals surface area contributed by atoms with Gasteiger partial charge in [0.25, 0.3) is 0 Å². The van der Waals surface area contributed by atoms with E-state index in [1.807, 2.05) is 54.2 Å². The Balaban J connectivity index is 1.91. The maximum atomic E-state index is 12.7. The van der Waals surface area contributed by atoms with Crippen molar-refractivity contribution in [1.29, 1.82) is 0 Å². The van der Waals surface area contributed by atoms with Crippen molar-refractivity contribution in [3.63, 3.8) is 0 Å². The summed E-state index contributed by atoms with van der Waals surface area (Å²) in [6.07, 6.45) is 8.33. The van der Waals surface area contributed by atoms with Gasteiger partial charge in [0.1, 0.15) is 0 Å². The predicted molar refractivity (Wildman–Crippen MR) is 115 cm³/mol. The summed E-state index contributed by atoms with van der Waals surface area (Å²) in [5.74, 6) is 1.31. The fourth-order valence-corrected chi connectivity index (χ4v) is 4.37. The minimum atomic E-state index is 0.190. The zero-order valence-electron chi connectivity index (χ0n) is 15.6. The zero-order chi connectivity index (χ0) is 18.6. The summed E-state index contributed by atoms with van der Waals surface area (Å²) in [5, 5.41) is 0.929. The topological polar surface area (TPSA) is 17.1 Å². The van der Waals surface area contributed by atoms with Crippen LogP contribution >= 0.6 is 23.4 Å². The molecule has 2 rings (SSSR count). The van der Waals surface area contributed by atoms with E-state index < -0.39 is 0 Å². The number of Topliss-reactive ketones (excluding diaryl/α,β-unsaturated/α-hetero) is 1. The monoisotopic (exact) mass is 388 g/mol. The fraction of sp³-hybridized carbons (Fsp3) is 0.435. The van der Waals surface area contributed by atoms with E-state index in [1.165, 1.54) is 44.1 Å². The number of thioether (sulfide) groups is 1. The Hall–Kier alpha value is -1.25. The average molecular weight is 389 g/mol. The number of halogens is 1. The number of unbranched alkanes of at least 4 members (excludes halogenated alkanes) is 5. The van der Waals surface area contributed by atoms with Gasteiger partial charge in [0.2, 0.25) is 0 Å². The summed E-state index contributed by atoms with van der Waals surface area (Å²) >= 11 is 7.93. The van der Waals surface area contributed by atoms with Crippen molar-refractivity contribution < 1.29 is 4.79 Å². The molecule has 0 aromatic heterocycles. The molecule has 0 aliphatic carbocycles. The standard InChI is InChI=1S/C23H29ClOS/c1-2-3-4-5-6-10-17-26-23(20-13-15-21(24)16-14-20)18-22(25)19-11-8-7-9-12-19/h7-9,11-16,23H,2-6,10,17-18H2,1H3/t23-/m0/s1. The molecule has 0 fully saturated rings. The van der Waals surface area contributed by atoms with Gasteiger partial charge in [-0.05, 0) is 29.9 Å². The molecule has 0 bridgehead atoms. The Kier molecular flexibility index (Phi) is 9.87. The van der Waals surface area contributed by atoms with Gasteiger partial charge in [0.05, 0.1) is 0 Å². The number of hydrogen-bond donors (Lipinski definition) is 0. The van der Waals surface area contributed by atoms with Gasteiger partial charge >= 0.3 is 0 Å². The van der Waals surface area contributed by atoms with E-state index in [0.717, 1.165) is 16.3 Å². The van der Waals surface area contributed by atoms with E-state index in [9.17, 15) is 4.79 Å². The Labute approximate surface area is 167 Å². The Morgan fingerprint density at radius 1 is 0.923 bits per heavy atom. The van der Waals surface area contributed by atoms with Gasteiger partial charge in [-0.2, -0.15) is 11.8 Å². The van der Waals surface area contributed by atoms with Crippen LogP contribution in [0.2, 0.25) is 5.02 Å². The highest BCUT2D eigenvalue weighted by molar-refractivity contribution is 7.99. The largest absolute Gasteiger partial charge is 0.294 e. The molecule has 0 aliphatic rings. The summed E-state index contributed by atoms with van der Waals surface area (Å²) in [6.45, 7) is 2.25. The van der Waals surface area contributed by atoms with E-state index in [0.29, 0.717) is 6.42 Å². The van der Waals surface area contributed by atoms with Gasteiger partial charge in [-0.3, -0.25) is 4.79 Å². The van der Waals surface area contributed by atoms with Gasteiger partial charge in [-0.1, -0.05) is 93.1 Å². The molecule has 0 amide bonds. The number of rotatable bonds is 12. The minimum Gasteiger partial charge on any atom is -0.294 e. The lowest BCUT2D eigenvalue weighted by molar-refractivity contribution is 0.0982. The van der Waals surface area contributed by atoms with Crippen LogP contribution in [0.5, 0.6) is 0 Å². The molecule has 1 atom stereocenters. The van der Waals surface area contributed by atoms with Crippen LogP contribution in [0.15, 0.2) is 54.6 Å². The molecule has 0 saturated carbocycles. The smallest absolute Gasteiger partial charge is 0.164 e. The first-order valence-corrected chi connectivity index (χ1v) is 11.1. The van der Waals surface area contributed by atoms with E-state index in [4.69, 9.17) is 11.6 Å². The maximum absolute atomic E-state index is 12.7. The predicted octanol–water partition coefficient (Wildman–Crippen LogP) is 7.75. The average Bonchev–Trinajstić information content (AvgIpc) is 2.67. The van der Waals surface area contributed by atoms with Crippen molar-refractivity contribution in [3.05, 3.63) is 70.7 Å². The highest BCUT2D eigenvalue weighted by Gasteiger charge is 2.17. The molecule has 2 aromatic carbocycles. The molecule has 0 saturated heterocycles. The van der Waals surface area contributed by atoms with Crippen molar-refractivity contribution >= 4 is 29.1 Å². The Morgan fingerprint density at radius 2 is 1.58 bits per heavy atom. The van der Waals surface area contributed by atoms with Crippen LogP contribution in [-0.4, -0.2) is 11.5 Å². The lowest BCUT2D eigenvalue weighted by Gasteiger charge is -2.17. The van der Waals surface area contributed by atoms with Crippen molar-refractivity contribution in [1.82, 2.24) is 0 Å². The number of hydrogen-bond acceptors (Lipinski definition) is 2. The maximum Gasteiger partial charge on any atom is 0.164 e. The van der Waals surface area contributed by atoms with Crippen LogP contribution in [0.3, 0.4) is 0 Å². The molecule has 0 radical (unpaired) electrons. The van der Waals surface area contributed by atoms with Crippen molar-refractivity contribution in [2.24, 2.45) is 0 Å². The van der Waals surface area contributed by atoms with Gasteiger partial charge in [0, 0.05) is 22.3 Å². The van der Waals surface area contributed by atoms with Gasteiger partial charge < -0.3 is 0 Å². The van der Waals surface area contributed by atoms with E-state index in [1.54, 1.807) is 0 Å². The molecule has 2 aromatic rings. The van der Waals surface area contributed by atoms with Gasteiger partial charge in [-0.25, -0.2) is 0 Å². The van der Waals surface area contributed by atoms with Crippen LogP contribution in [0.25, 0.3) is 0 Å². The SMILES string of the molecule is CCCCCCCCS[C@@H](CC(=O)c1ccccc1)c1ccc(Cl)cc1. The Bertz CT molecular complexity index is 639. The normalized spacial score (nSPS) is 12.1. The quantitative estimate of drug-likeness (QED) is 0.273. The second-order valence-electron chi connectivity index (χ2n) is 6.67. The van der Waals surface area contributed by atoms with Crippen LogP contribution in [0, 0.1) is 0 Å². The summed E-state index contributed by atoms with van der Waals surface area (Å²) in [7, 11) is 0. The van der Waals surface area contributed by atoms with E-state index in [-0.39, 0.29) is 11.0 Å². The fourth-order valence-electron chi connectivity index (χ4n) is 2.97. The minimum absolute atomic E-state index is 0.190. The second kappa shape index (κ2) is 12.2. The van der Waals surface area contributed by atoms with Crippen LogP contribution in [0.4, 0.5) is 0 Å². The van der Waals surface area contributed by atoms with E-state index in [2.05, 4.69) is 19.1 Å². The number of benzene rings is 2. The third-order valence-electron chi connectivity index (χ3n) is 4.53. The molecule has 0 N–H and O–H groups in total. The first-order valence-electron chi connectivity index (χ1n) is 9.66. The summed E-state index contributed by atoms with van der Waals surface area (Å²) in [4.78, 5) is 12.7. The number of carbonyl (C=O) groups is 1. The van der Waals surface area contributed by atoms with Crippen molar-refractivity contribution in [2.45, 2.75) is 57.1 Å². The van der Waals surface area contributed by atoms with Crippen molar-refractivity contribution in [3.8, 4) is 0 Å². The molecular formula is C23H29ClOS. The third-order valence-corrected chi connectivity index (χ3v) is 6.14. The summed E-state index contributed by atoms with van der Waals surface area (Å²) in [5.41, 5.74) is 1.99. The molecule has 0 heterocycles. The van der Waals surface area contributed by atoms with Crippen molar-refractivity contribution in [2.75, 3.05) is 5.75 Å². The molecule has 1 nitrogen and oxygen atoms in total. The van der Waals surface area contributed by atoms with E-state index >= 15 is 0 Å². The molecule has 140 valence electrons. The van der Waals surface area contributed by atoms with Gasteiger partial charge in [-0.15, -0.1) is 0 Å². The van der Waals surface area contributed by atoms with Crippen LogP contribution in [0.1, 0.15) is 73.0 Å². The van der Waals surface area contributed by atoms with Crippen LogP contribution in [-0.2, 0) is 0 Å². The molecule has 0 unspecified atom stereocenters. The second-order valence-corrected chi connectivity index (χ2v) is 8.42. The first kappa shape index (κ1) is 21.1. The molecule has 0 spiro atoms. The van der Waals surface area contributed by atoms with Crippen LogP contribution < -0.4 is 0 Å². The van der Waals surface area contributed by atoms with Gasteiger partial charge in [0.15, 0.2) is 5.78 Å². The lowest BCUT2D eigenvalue weighted by Crippen LogP contribution is -2.06. The highest BCUT2D eigenvalue weighted by Crippen LogP contribution is 2.34. The molecular weight excluding hydrogens is 360 g/mol. The Morgan fingerprint density at radius 3 is 2.27 bits per heavy atom.